The molecule has 1 unspecified atom stereocenters. The fourth-order valence-corrected chi connectivity index (χ4v) is 2.91. The average molecular weight is 357 g/mol. The average Bonchev–Trinajstić information content (AvgIpc) is 2.60. The molecule has 0 aromatic heterocycles. The number of thioether (sulfide) groups is 1. The van der Waals surface area contributed by atoms with E-state index in [0.717, 1.165) is 11.1 Å². The first-order valence-corrected chi connectivity index (χ1v) is 8.79. The topological polar surface area (TPSA) is 83.5 Å². The molecule has 0 radical (unpaired) electrons. The fourth-order valence-electron chi connectivity index (χ4n) is 2.30. The number of nitrogens with one attached hydrogen (secondary N) is 1. The minimum absolute atomic E-state index is 0.170. The first-order chi connectivity index (χ1) is 12.0. The van der Waals surface area contributed by atoms with Crippen LogP contribution in [0.1, 0.15) is 11.1 Å². The number of benzene rings is 2. The summed E-state index contributed by atoms with van der Waals surface area (Å²) in [6.07, 6.45) is 0.496. The van der Waals surface area contributed by atoms with Gasteiger partial charge < -0.3 is 10.4 Å². The molecule has 2 aromatic rings. The van der Waals surface area contributed by atoms with E-state index in [9.17, 15) is 14.4 Å². The van der Waals surface area contributed by atoms with Crippen molar-refractivity contribution in [1.29, 1.82) is 0 Å². The van der Waals surface area contributed by atoms with Gasteiger partial charge in [0.05, 0.1) is 12.2 Å². The van der Waals surface area contributed by atoms with Crippen molar-refractivity contribution >= 4 is 28.8 Å². The smallest absolute Gasteiger partial charge is 0.313 e. The molecule has 5 nitrogen and oxygen atoms in total. The second-order valence-corrected chi connectivity index (χ2v) is 6.45. The molecular formula is C19H19NO4S. The molecule has 0 aliphatic carbocycles. The van der Waals surface area contributed by atoms with Crippen molar-refractivity contribution in [1.82, 2.24) is 5.32 Å². The number of hydrogen-bond donors (Lipinski definition) is 2. The van der Waals surface area contributed by atoms with Crippen molar-refractivity contribution in [2.24, 2.45) is 0 Å². The summed E-state index contributed by atoms with van der Waals surface area (Å²) in [6.45, 7) is 0. The molecule has 0 fully saturated rings. The maximum atomic E-state index is 12.3. The number of carboxylic acids is 1. The second-order valence-electron chi connectivity index (χ2n) is 5.47. The zero-order chi connectivity index (χ0) is 18.1. The number of carboxylic acid groups (broad SMARTS) is 1. The molecule has 0 spiro atoms. The molecule has 2 aromatic carbocycles. The summed E-state index contributed by atoms with van der Waals surface area (Å²) in [7, 11) is 0. The molecule has 130 valence electrons. The highest BCUT2D eigenvalue weighted by Gasteiger charge is 2.22. The van der Waals surface area contributed by atoms with Gasteiger partial charge in [0.2, 0.25) is 11.0 Å². The van der Waals surface area contributed by atoms with Crippen molar-refractivity contribution < 1.29 is 19.5 Å². The Labute approximate surface area is 150 Å². The summed E-state index contributed by atoms with van der Waals surface area (Å²) in [5, 5.41) is 11.1. The quantitative estimate of drug-likeness (QED) is 0.757. The van der Waals surface area contributed by atoms with Crippen molar-refractivity contribution in [3.8, 4) is 0 Å². The Morgan fingerprint density at radius 2 is 1.48 bits per heavy atom. The normalized spacial score (nSPS) is 11.5. The summed E-state index contributed by atoms with van der Waals surface area (Å²) >= 11 is 0.707. The van der Waals surface area contributed by atoms with E-state index in [4.69, 9.17) is 5.11 Å². The van der Waals surface area contributed by atoms with E-state index in [0.29, 0.717) is 18.2 Å². The van der Waals surface area contributed by atoms with E-state index in [2.05, 4.69) is 5.32 Å². The van der Waals surface area contributed by atoms with Crippen LogP contribution in [-0.4, -0.2) is 33.9 Å². The van der Waals surface area contributed by atoms with Crippen LogP contribution in [0.2, 0.25) is 0 Å². The Hall–Kier alpha value is -2.60. The lowest BCUT2D eigenvalue weighted by Crippen LogP contribution is -2.42. The molecule has 2 N–H and O–H groups in total. The van der Waals surface area contributed by atoms with Gasteiger partial charge in [-0.2, -0.15) is 0 Å². The Morgan fingerprint density at radius 3 is 2.04 bits per heavy atom. The molecule has 0 saturated carbocycles. The number of carbonyl (C=O) groups excluding carboxylic acids is 2. The van der Waals surface area contributed by atoms with E-state index in [-0.39, 0.29) is 23.2 Å². The highest BCUT2D eigenvalue weighted by molar-refractivity contribution is 8.14. The van der Waals surface area contributed by atoms with Gasteiger partial charge in [-0.1, -0.05) is 72.4 Å². The first kappa shape index (κ1) is 18.7. The van der Waals surface area contributed by atoms with Crippen molar-refractivity contribution in [3.05, 3.63) is 71.8 Å². The minimum atomic E-state index is -1.06. The minimum Gasteiger partial charge on any atom is -0.481 e. The summed E-state index contributed by atoms with van der Waals surface area (Å²) < 4.78 is 0. The van der Waals surface area contributed by atoms with E-state index in [1.54, 1.807) is 0 Å². The van der Waals surface area contributed by atoms with Crippen molar-refractivity contribution in [2.75, 3.05) is 5.75 Å². The molecule has 0 saturated heterocycles. The Bertz CT molecular complexity index is 719. The maximum Gasteiger partial charge on any atom is 0.313 e. The molecule has 0 aliphatic heterocycles. The zero-order valence-corrected chi connectivity index (χ0v) is 14.4. The highest BCUT2D eigenvalue weighted by atomic mass is 32.2. The number of aliphatic carboxylic acids is 1. The van der Waals surface area contributed by atoms with Gasteiger partial charge in [0.1, 0.15) is 6.04 Å². The SMILES string of the molecule is O=C(O)CSC(=O)C(Cc1ccccc1)NC(=O)Cc1ccccc1. The van der Waals surface area contributed by atoms with Crippen LogP contribution < -0.4 is 5.32 Å². The Balaban J connectivity index is 2.03. The maximum absolute atomic E-state index is 12.3. The van der Waals surface area contributed by atoms with Gasteiger partial charge in [-0.25, -0.2) is 0 Å². The van der Waals surface area contributed by atoms with E-state index < -0.39 is 12.0 Å². The standard InChI is InChI=1S/C19H19NO4S/c21-17(12-15-9-5-2-6-10-15)20-16(19(24)25-13-18(22)23)11-14-7-3-1-4-8-14/h1-10,16H,11-13H2,(H,20,21)(H,22,23). The van der Waals surface area contributed by atoms with Gasteiger partial charge in [-0.05, 0) is 11.1 Å². The highest BCUT2D eigenvalue weighted by Crippen LogP contribution is 2.12. The summed E-state index contributed by atoms with van der Waals surface area (Å²) in [6, 6.07) is 17.8. The third kappa shape index (κ3) is 6.81. The van der Waals surface area contributed by atoms with E-state index in [1.807, 2.05) is 60.7 Å². The largest absolute Gasteiger partial charge is 0.481 e. The van der Waals surface area contributed by atoms with Crippen LogP contribution in [0.5, 0.6) is 0 Å². The molecule has 1 atom stereocenters. The van der Waals surface area contributed by atoms with Crippen LogP contribution >= 0.6 is 11.8 Å². The van der Waals surface area contributed by atoms with Crippen molar-refractivity contribution in [3.63, 3.8) is 0 Å². The Kier molecular flexibility index (Phi) is 7.22. The van der Waals surface area contributed by atoms with Crippen LogP contribution in [0.4, 0.5) is 0 Å². The first-order valence-electron chi connectivity index (χ1n) is 7.80. The second kappa shape index (κ2) is 9.64. The van der Waals surface area contributed by atoms with Crippen LogP contribution in [-0.2, 0) is 27.2 Å². The number of rotatable bonds is 8. The summed E-state index contributed by atoms with van der Waals surface area (Å²) in [5.41, 5.74) is 1.75. The van der Waals surface area contributed by atoms with Gasteiger partial charge >= 0.3 is 5.97 Å². The van der Waals surface area contributed by atoms with Gasteiger partial charge in [-0.15, -0.1) is 0 Å². The number of carbonyl (C=O) groups is 3. The predicted molar refractivity (Wildman–Crippen MR) is 97.3 cm³/mol. The third-order valence-corrected chi connectivity index (χ3v) is 4.41. The molecular weight excluding hydrogens is 338 g/mol. The van der Waals surface area contributed by atoms with Gasteiger partial charge in [0, 0.05) is 6.42 Å². The summed E-state index contributed by atoms with van der Waals surface area (Å²) in [4.78, 5) is 35.3. The monoisotopic (exact) mass is 357 g/mol. The molecule has 1 amide bonds. The lowest BCUT2D eigenvalue weighted by Gasteiger charge is -2.17. The molecule has 6 heteroatoms. The van der Waals surface area contributed by atoms with E-state index >= 15 is 0 Å². The summed E-state index contributed by atoms with van der Waals surface area (Å²) in [5.74, 6) is -1.65. The molecule has 2 rings (SSSR count). The third-order valence-electron chi connectivity index (χ3n) is 3.45. The van der Waals surface area contributed by atoms with Crippen molar-refractivity contribution in [2.45, 2.75) is 18.9 Å². The molecule has 0 heterocycles. The van der Waals surface area contributed by atoms with Crippen LogP contribution in [0.25, 0.3) is 0 Å². The molecule has 0 bridgehead atoms. The van der Waals surface area contributed by atoms with Crippen LogP contribution in [0.15, 0.2) is 60.7 Å². The van der Waals surface area contributed by atoms with E-state index in [1.165, 1.54) is 0 Å². The predicted octanol–water partition coefficient (Wildman–Crippen LogP) is 2.30. The lowest BCUT2D eigenvalue weighted by molar-refractivity contribution is -0.134. The Morgan fingerprint density at radius 1 is 0.920 bits per heavy atom. The zero-order valence-electron chi connectivity index (χ0n) is 13.6. The van der Waals surface area contributed by atoms with Gasteiger partial charge in [-0.3, -0.25) is 14.4 Å². The number of amides is 1. The molecule has 25 heavy (non-hydrogen) atoms. The number of hydrogen-bond acceptors (Lipinski definition) is 4. The lowest BCUT2D eigenvalue weighted by atomic mass is 10.1. The van der Waals surface area contributed by atoms with Gasteiger partial charge in [0.15, 0.2) is 0 Å². The van der Waals surface area contributed by atoms with Crippen LogP contribution in [0.3, 0.4) is 0 Å². The fraction of sp³-hybridized carbons (Fsp3) is 0.211. The van der Waals surface area contributed by atoms with Gasteiger partial charge in [0.25, 0.3) is 0 Å². The van der Waals surface area contributed by atoms with Crippen LogP contribution in [0, 0.1) is 0 Å². The molecule has 0 aliphatic rings.